The molecule has 0 saturated carbocycles. The fourth-order valence-electron chi connectivity index (χ4n) is 3.86. The first-order chi connectivity index (χ1) is 13.4. The van der Waals surface area contributed by atoms with Crippen molar-refractivity contribution in [3.8, 4) is 0 Å². The molecule has 2 aromatic heterocycles. The van der Waals surface area contributed by atoms with Crippen LogP contribution in [0.25, 0.3) is 0 Å². The number of carbonyl (C=O) groups is 1. The average Bonchev–Trinajstić information content (AvgIpc) is 2.68. The third kappa shape index (κ3) is 3.94. The molecule has 148 valence electrons. The SMILES string of the molecule is O=C(c1ncc(Nc2cncc(Cl)c2)c2c1CCCC2)N1CCC(F)(F)CC1. The van der Waals surface area contributed by atoms with Crippen molar-refractivity contribution in [2.45, 2.75) is 44.4 Å². The molecule has 4 rings (SSSR count). The molecule has 0 spiro atoms. The minimum absolute atomic E-state index is 0.0659. The van der Waals surface area contributed by atoms with E-state index in [9.17, 15) is 13.6 Å². The zero-order valence-electron chi connectivity index (χ0n) is 15.4. The second-order valence-electron chi connectivity index (χ2n) is 7.35. The number of rotatable bonds is 3. The molecule has 2 aliphatic rings. The van der Waals surface area contributed by atoms with Crippen LogP contribution in [0, 0.1) is 0 Å². The van der Waals surface area contributed by atoms with Crippen LogP contribution in [-0.4, -0.2) is 39.8 Å². The average molecular weight is 407 g/mol. The van der Waals surface area contributed by atoms with Gasteiger partial charge in [0.1, 0.15) is 5.69 Å². The largest absolute Gasteiger partial charge is 0.353 e. The van der Waals surface area contributed by atoms with Crippen molar-refractivity contribution in [1.82, 2.24) is 14.9 Å². The Morgan fingerprint density at radius 2 is 1.82 bits per heavy atom. The van der Waals surface area contributed by atoms with Crippen LogP contribution >= 0.6 is 11.6 Å². The van der Waals surface area contributed by atoms with Gasteiger partial charge in [0.15, 0.2) is 0 Å². The third-order valence-electron chi connectivity index (χ3n) is 5.37. The normalized spacial score (nSPS) is 18.5. The van der Waals surface area contributed by atoms with Crippen molar-refractivity contribution in [1.29, 1.82) is 0 Å². The van der Waals surface area contributed by atoms with Gasteiger partial charge in [-0.1, -0.05) is 11.6 Å². The van der Waals surface area contributed by atoms with Gasteiger partial charge in [-0.3, -0.25) is 9.78 Å². The zero-order valence-corrected chi connectivity index (χ0v) is 16.1. The highest BCUT2D eigenvalue weighted by Gasteiger charge is 2.37. The quantitative estimate of drug-likeness (QED) is 0.807. The molecule has 28 heavy (non-hydrogen) atoms. The molecular formula is C20H21ClF2N4O. The number of pyridine rings is 2. The van der Waals surface area contributed by atoms with E-state index < -0.39 is 5.92 Å². The maximum absolute atomic E-state index is 13.4. The van der Waals surface area contributed by atoms with Gasteiger partial charge >= 0.3 is 0 Å². The number of anilines is 2. The Labute approximate surface area is 167 Å². The summed E-state index contributed by atoms with van der Waals surface area (Å²) in [5.41, 5.74) is 3.97. The molecule has 1 aliphatic heterocycles. The summed E-state index contributed by atoms with van der Waals surface area (Å²) < 4.78 is 26.9. The predicted molar refractivity (Wildman–Crippen MR) is 103 cm³/mol. The lowest BCUT2D eigenvalue weighted by Gasteiger charge is -2.32. The number of nitrogens with zero attached hydrogens (tertiary/aromatic N) is 3. The smallest absolute Gasteiger partial charge is 0.272 e. The number of hydrogen-bond donors (Lipinski definition) is 1. The van der Waals surface area contributed by atoms with Crippen LogP contribution < -0.4 is 5.32 Å². The summed E-state index contributed by atoms with van der Waals surface area (Å²) in [6.45, 7) is 0.132. The van der Waals surface area contributed by atoms with E-state index >= 15 is 0 Å². The molecule has 2 aromatic rings. The van der Waals surface area contributed by atoms with Gasteiger partial charge in [-0.25, -0.2) is 13.8 Å². The molecule has 0 radical (unpaired) electrons. The number of hydrogen-bond acceptors (Lipinski definition) is 4. The Balaban J connectivity index is 1.62. The lowest BCUT2D eigenvalue weighted by molar-refractivity contribution is -0.0495. The minimum atomic E-state index is -2.68. The van der Waals surface area contributed by atoms with Crippen LogP contribution in [0.4, 0.5) is 20.2 Å². The maximum Gasteiger partial charge on any atom is 0.272 e. The van der Waals surface area contributed by atoms with Gasteiger partial charge < -0.3 is 10.2 Å². The molecule has 0 bridgehead atoms. The molecule has 0 atom stereocenters. The number of piperidine rings is 1. The number of carbonyl (C=O) groups excluding carboxylic acids is 1. The highest BCUT2D eigenvalue weighted by Crippen LogP contribution is 2.33. The molecule has 1 N–H and O–H groups in total. The van der Waals surface area contributed by atoms with Crippen LogP contribution in [0.3, 0.4) is 0 Å². The number of aromatic nitrogens is 2. The first kappa shape index (κ1) is 19.1. The molecule has 0 unspecified atom stereocenters. The first-order valence-corrected chi connectivity index (χ1v) is 9.86. The molecule has 0 aromatic carbocycles. The number of amides is 1. The number of alkyl halides is 2. The van der Waals surface area contributed by atoms with Crippen LogP contribution in [0.5, 0.6) is 0 Å². The van der Waals surface area contributed by atoms with Crippen LogP contribution in [0.1, 0.15) is 47.3 Å². The van der Waals surface area contributed by atoms with Crippen molar-refractivity contribution in [3.05, 3.63) is 46.5 Å². The molecule has 1 fully saturated rings. The first-order valence-electron chi connectivity index (χ1n) is 9.48. The summed E-state index contributed by atoms with van der Waals surface area (Å²) in [4.78, 5) is 23.0. The number of nitrogens with one attached hydrogen (secondary N) is 1. The second kappa shape index (κ2) is 7.62. The zero-order chi connectivity index (χ0) is 19.7. The van der Waals surface area contributed by atoms with Crippen molar-refractivity contribution >= 4 is 28.9 Å². The molecule has 8 heteroatoms. The topological polar surface area (TPSA) is 58.1 Å². The number of fused-ring (bicyclic) bond motifs is 1. The number of halogens is 3. The van der Waals surface area contributed by atoms with Crippen molar-refractivity contribution in [2.75, 3.05) is 18.4 Å². The molecule has 1 saturated heterocycles. The summed E-state index contributed by atoms with van der Waals surface area (Å²) in [7, 11) is 0. The van der Waals surface area contributed by atoms with E-state index in [1.165, 1.54) is 4.90 Å². The minimum Gasteiger partial charge on any atom is -0.353 e. The van der Waals surface area contributed by atoms with Gasteiger partial charge in [0, 0.05) is 32.1 Å². The fourth-order valence-corrected chi connectivity index (χ4v) is 4.04. The van der Waals surface area contributed by atoms with Gasteiger partial charge in [-0.05, 0) is 42.9 Å². The van der Waals surface area contributed by atoms with E-state index in [0.29, 0.717) is 10.7 Å². The third-order valence-corrected chi connectivity index (χ3v) is 5.58. The summed E-state index contributed by atoms with van der Waals surface area (Å²) in [5, 5.41) is 3.82. The van der Waals surface area contributed by atoms with E-state index in [4.69, 9.17) is 11.6 Å². The molecule has 1 aliphatic carbocycles. The lowest BCUT2D eigenvalue weighted by atomic mass is 9.89. The monoisotopic (exact) mass is 406 g/mol. The number of likely N-dealkylation sites (tertiary alicyclic amines) is 1. The fraction of sp³-hybridized carbons (Fsp3) is 0.450. The van der Waals surface area contributed by atoms with E-state index in [-0.39, 0.29) is 31.8 Å². The second-order valence-corrected chi connectivity index (χ2v) is 7.79. The van der Waals surface area contributed by atoms with Gasteiger partial charge in [0.25, 0.3) is 11.8 Å². The Morgan fingerprint density at radius 1 is 1.11 bits per heavy atom. The maximum atomic E-state index is 13.4. The predicted octanol–water partition coefficient (Wildman–Crippen LogP) is 4.62. The molecule has 1 amide bonds. The summed E-state index contributed by atoms with van der Waals surface area (Å²) >= 11 is 6.01. The van der Waals surface area contributed by atoms with Crippen molar-refractivity contribution < 1.29 is 13.6 Å². The van der Waals surface area contributed by atoms with E-state index in [1.54, 1.807) is 24.7 Å². The van der Waals surface area contributed by atoms with Gasteiger partial charge in [0.2, 0.25) is 0 Å². The van der Waals surface area contributed by atoms with Gasteiger partial charge in [0.05, 0.1) is 28.8 Å². The lowest BCUT2D eigenvalue weighted by Crippen LogP contribution is -2.43. The Morgan fingerprint density at radius 3 is 2.54 bits per heavy atom. The Bertz CT molecular complexity index is 896. The molecule has 3 heterocycles. The standard InChI is InChI=1S/C20H21ClF2N4O/c21-13-9-14(11-24-10-13)26-17-12-25-18(16-4-2-1-3-15(16)17)19(28)27-7-5-20(22,23)6-8-27/h9-12,26H,1-8H2. The Kier molecular flexibility index (Phi) is 5.19. The van der Waals surface area contributed by atoms with Gasteiger partial charge in [-0.15, -0.1) is 0 Å². The van der Waals surface area contributed by atoms with Crippen molar-refractivity contribution in [3.63, 3.8) is 0 Å². The summed E-state index contributed by atoms with van der Waals surface area (Å²) in [6.07, 6.45) is 7.92. The van der Waals surface area contributed by atoms with Crippen LogP contribution in [0.15, 0.2) is 24.7 Å². The molecular weight excluding hydrogens is 386 g/mol. The van der Waals surface area contributed by atoms with E-state index in [2.05, 4.69) is 15.3 Å². The summed E-state index contributed by atoms with van der Waals surface area (Å²) in [6, 6.07) is 1.77. The van der Waals surface area contributed by atoms with Crippen LogP contribution in [-0.2, 0) is 12.8 Å². The van der Waals surface area contributed by atoms with Crippen molar-refractivity contribution in [2.24, 2.45) is 0 Å². The van der Waals surface area contributed by atoms with E-state index in [1.807, 2.05) is 0 Å². The summed E-state index contributed by atoms with van der Waals surface area (Å²) in [5.74, 6) is -2.92. The van der Waals surface area contributed by atoms with Gasteiger partial charge in [-0.2, -0.15) is 0 Å². The highest BCUT2D eigenvalue weighted by molar-refractivity contribution is 6.30. The van der Waals surface area contributed by atoms with Crippen LogP contribution in [0.2, 0.25) is 5.02 Å². The molecule has 5 nitrogen and oxygen atoms in total. The Hall–Kier alpha value is -2.28. The van der Waals surface area contributed by atoms with E-state index in [0.717, 1.165) is 48.2 Å². The highest BCUT2D eigenvalue weighted by atomic mass is 35.5.